The van der Waals surface area contributed by atoms with Crippen LogP contribution in [0.5, 0.6) is 0 Å². The third-order valence-electron chi connectivity index (χ3n) is 4.05. The van der Waals surface area contributed by atoms with Crippen molar-refractivity contribution in [2.75, 3.05) is 19.6 Å². The number of aliphatic carboxylic acids is 1. The Balaban J connectivity index is 2.01. The summed E-state index contributed by atoms with van der Waals surface area (Å²) in [6.45, 7) is 3.22. The number of benzene rings is 1. The number of sulfonamides is 1. The minimum absolute atomic E-state index is 0.0127. The van der Waals surface area contributed by atoms with Gasteiger partial charge < -0.3 is 5.11 Å². The van der Waals surface area contributed by atoms with Crippen LogP contribution in [0, 0.1) is 0 Å². The van der Waals surface area contributed by atoms with E-state index in [4.69, 9.17) is 5.11 Å². The number of piperidine rings is 1. The number of rotatable bonds is 7. The lowest BCUT2D eigenvalue weighted by atomic mass is 10.1. The molecule has 1 heterocycles. The summed E-state index contributed by atoms with van der Waals surface area (Å²) in [4.78, 5) is 12.9. The van der Waals surface area contributed by atoms with Crippen LogP contribution in [0.4, 0.5) is 0 Å². The maximum atomic E-state index is 12.6. The molecule has 0 radical (unpaired) electrons. The minimum atomic E-state index is -3.54. The monoisotopic (exact) mass is 340 g/mol. The predicted octanol–water partition coefficient (Wildman–Crippen LogP) is 1.47. The quantitative estimate of drug-likeness (QED) is 0.785. The van der Waals surface area contributed by atoms with Gasteiger partial charge in [0.1, 0.15) is 0 Å². The second kappa shape index (κ2) is 7.90. The maximum Gasteiger partial charge on any atom is 0.317 e. The Hall–Kier alpha value is -1.44. The molecular weight excluding hydrogens is 316 g/mol. The number of carboxylic acids is 1. The van der Waals surface area contributed by atoms with Gasteiger partial charge in [0.25, 0.3) is 0 Å². The highest BCUT2D eigenvalue weighted by molar-refractivity contribution is 7.89. The van der Waals surface area contributed by atoms with Gasteiger partial charge in [-0.15, -0.1) is 0 Å². The summed E-state index contributed by atoms with van der Waals surface area (Å²) < 4.78 is 28.1. The Morgan fingerprint density at radius 3 is 2.57 bits per heavy atom. The first-order valence-electron chi connectivity index (χ1n) is 7.96. The van der Waals surface area contributed by atoms with Gasteiger partial charge in [-0.05, 0) is 30.9 Å². The molecule has 7 heteroatoms. The zero-order valence-electron chi connectivity index (χ0n) is 13.4. The van der Waals surface area contributed by atoms with E-state index < -0.39 is 16.0 Å². The number of nitrogens with one attached hydrogen (secondary N) is 1. The van der Waals surface area contributed by atoms with Crippen molar-refractivity contribution < 1.29 is 18.3 Å². The summed E-state index contributed by atoms with van der Waals surface area (Å²) in [5, 5.41) is 8.79. The molecule has 0 unspecified atom stereocenters. The Morgan fingerprint density at radius 2 is 1.96 bits per heavy atom. The van der Waals surface area contributed by atoms with Crippen LogP contribution in [-0.4, -0.2) is 50.1 Å². The molecule has 2 rings (SSSR count). The fourth-order valence-corrected chi connectivity index (χ4v) is 4.50. The third-order valence-corrected chi connectivity index (χ3v) is 5.67. The molecule has 0 aliphatic carbocycles. The number of nitrogens with zero attached hydrogens (tertiary/aromatic N) is 1. The van der Waals surface area contributed by atoms with E-state index in [9.17, 15) is 13.2 Å². The van der Waals surface area contributed by atoms with E-state index in [1.54, 1.807) is 12.1 Å². The molecular formula is C16H24N2O4S. The van der Waals surface area contributed by atoms with E-state index in [2.05, 4.69) is 4.72 Å². The number of carbonyl (C=O) groups is 1. The van der Waals surface area contributed by atoms with Gasteiger partial charge in [0.2, 0.25) is 10.0 Å². The highest BCUT2D eigenvalue weighted by atomic mass is 32.2. The Bertz CT molecular complexity index is 637. The van der Waals surface area contributed by atoms with Crippen LogP contribution >= 0.6 is 0 Å². The first-order chi connectivity index (χ1) is 10.9. The topological polar surface area (TPSA) is 86.7 Å². The molecule has 0 aromatic heterocycles. The standard InChI is InChI=1S/C16H24N2O4S/c1-2-5-13-6-3-4-7-15(13)23(21,22)17-14-8-10-18(11-9-14)12-16(19)20/h3-4,6-7,14,17H,2,5,8-12H2,1H3,(H,19,20). The van der Waals surface area contributed by atoms with Crippen LogP contribution in [0.15, 0.2) is 29.2 Å². The number of carboxylic acid groups (broad SMARTS) is 1. The molecule has 0 spiro atoms. The lowest BCUT2D eigenvalue weighted by Crippen LogP contribution is -2.45. The van der Waals surface area contributed by atoms with Crippen molar-refractivity contribution in [3.8, 4) is 0 Å². The van der Waals surface area contributed by atoms with Crippen molar-refractivity contribution in [3.05, 3.63) is 29.8 Å². The molecule has 1 aromatic carbocycles. The summed E-state index contributed by atoms with van der Waals surface area (Å²) in [6.07, 6.45) is 2.87. The molecule has 0 atom stereocenters. The fourth-order valence-electron chi connectivity index (χ4n) is 2.92. The van der Waals surface area contributed by atoms with Crippen LogP contribution in [-0.2, 0) is 21.2 Å². The molecule has 1 aromatic rings. The normalized spacial score (nSPS) is 17.3. The van der Waals surface area contributed by atoms with Gasteiger partial charge in [0.05, 0.1) is 11.4 Å². The van der Waals surface area contributed by atoms with Gasteiger partial charge in [-0.3, -0.25) is 9.69 Å². The molecule has 0 bridgehead atoms. The summed E-state index contributed by atoms with van der Waals surface area (Å²) >= 11 is 0. The first kappa shape index (κ1) is 17.9. The van der Waals surface area contributed by atoms with Gasteiger partial charge in [-0.1, -0.05) is 31.5 Å². The summed E-state index contributed by atoms with van der Waals surface area (Å²) in [7, 11) is -3.54. The smallest absolute Gasteiger partial charge is 0.317 e. The van der Waals surface area contributed by atoms with Crippen molar-refractivity contribution >= 4 is 16.0 Å². The van der Waals surface area contributed by atoms with E-state index in [0.717, 1.165) is 18.4 Å². The minimum Gasteiger partial charge on any atom is -0.480 e. The van der Waals surface area contributed by atoms with Crippen LogP contribution in [0.2, 0.25) is 0 Å². The van der Waals surface area contributed by atoms with E-state index in [1.165, 1.54) is 0 Å². The molecule has 1 fully saturated rings. The fraction of sp³-hybridized carbons (Fsp3) is 0.562. The zero-order valence-corrected chi connectivity index (χ0v) is 14.2. The van der Waals surface area contributed by atoms with Gasteiger partial charge in [-0.2, -0.15) is 0 Å². The van der Waals surface area contributed by atoms with Gasteiger partial charge in [0, 0.05) is 19.1 Å². The molecule has 23 heavy (non-hydrogen) atoms. The van der Waals surface area contributed by atoms with Gasteiger partial charge in [-0.25, -0.2) is 13.1 Å². The van der Waals surface area contributed by atoms with Crippen LogP contribution in [0.3, 0.4) is 0 Å². The van der Waals surface area contributed by atoms with E-state index >= 15 is 0 Å². The molecule has 0 saturated carbocycles. The molecule has 0 amide bonds. The van der Waals surface area contributed by atoms with Crippen LogP contribution in [0.25, 0.3) is 0 Å². The third kappa shape index (κ3) is 5.02. The van der Waals surface area contributed by atoms with Crippen molar-refractivity contribution in [2.45, 2.75) is 43.5 Å². The highest BCUT2D eigenvalue weighted by Crippen LogP contribution is 2.19. The molecule has 128 valence electrons. The second-order valence-corrected chi connectivity index (χ2v) is 7.61. The Labute approximate surface area is 137 Å². The Morgan fingerprint density at radius 1 is 1.30 bits per heavy atom. The summed E-state index contributed by atoms with van der Waals surface area (Å²) in [5.74, 6) is -0.850. The van der Waals surface area contributed by atoms with Crippen molar-refractivity contribution in [2.24, 2.45) is 0 Å². The predicted molar refractivity (Wildman–Crippen MR) is 87.9 cm³/mol. The summed E-state index contributed by atoms with van der Waals surface area (Å²) in [6, 6.07) is 6.96. The molecule has 6 nitrogen and oxygen atoms in total. The number of likely N-dealkylation sites (tertiary alicyclic amines) is 1. The SMILES string of the molecule is CCCc1ccccc1S(=O)(=O)NC1CCN(CC(=O)O)CC1. The van der Waals surface area contributed by atoms with Gasteiger partial charge in [0.15, 0.2) is 0 Å². The average molecular weight is 340 g/mol. The van der Waals surface area contributed by atoms with E-state index in [-0.39, 0.29) is 12.6 Å². The van der Waals surface area contributed by atoms with E-state index in [1.807, 2.05) is 24.0 Å². The molecule has 1 aliphatic rings. The number of aryl methyl sites for hydroxylation is 1. The second-order valence-electron chi connectivity index (χ2n) is 5.92. The number of hydrogen-bond acceptors (Lipinski definition) is 4. The summed E-state index contributed by atoms with van der Waals surface area (Å²) in [5.41, 5.74) is 0.839. The zero-order chi connectivity index (χ0) is 16.9. The van der Waals surface area contributed by atoms with Crippen molar-refractivity contribution in [1.82, 2.24) is 9.62 Å². The first-order valence-corrected chi connectivity index (χ1v) is 9.45. The van der Waals surface area contributed by atoms with Crippen LogP contribution < -0.4 is 4.72 Å². The molecule has 2 N–H and O–H groups in total. The van der Waals surface area contributed by atoms with E-state index in [0.29, 0.717) is 30.8 Å². The Kier molecular flexibility index (Phi) is 6.15. The van der Waals surface area contributed by atoms with Gasteiger partial charge >= 0.3 is 5.97 Å². The van der Waals surface area contributed by atoms with Crippen molar-refractivity contribution in [1.29, 1.82) is 0 Å². The van der Waals surface area contributed by atoms with Crippen molar-refractivity contribution in [3.63, 3.8) is 0 Å². The number of hydrogen-bond donors (Lipinski definition) is 2. The maximum absolute atomic E-state index is 12.6. The molecule has 1 saturated heterocycles. The molecule has 1 aliphatic heterocycles. The lowest BCUT2D eigenvalue weighted by Gasteiger charge is -2.31. The highest BCUT2D eigenvalue weighted by Gasteiger charge is 2.26. The lowest BCUT2D eigenvalue weighted by molar-refractivity contribution is -0.138. The average Bonchev–Trinajstić information content (AvgIpc) is 2.49. The van der Waals surface area contributed by atoms with Crippen LogP contribution in [0.1, 0.15) is 31.7 Å². The largest absolute Gasteiger partial charge is 0.480 e.